The zero-order valence-electron chi connectivity index (χ0n) is 14.9. The lowest BCUT2D eigenvalue weighted by molar-refractivity contribution is -0.122. The number of nitrogens with one attached hydrogen (secondary N) is 2. The Labute approximate surface area is 150 Å². The van der Waals surface area contributed by atoms with Crippen molar-refractivity contribution in [1.82, 2.24) is 10.6 Å². The minimum Gasteiger partial charge on any atom is -0.350 e. The molecule has 1 aliphatic rings. The van der Waals surface area contributed by atoms with Gasteiger partial charge in [-0.3, -0.25) is 9.59 Å². The molecule has 0 heterocycles. The molecule has 2 amide bonds. The minimum absolute atomic E-state index is 0.0911. The Kier molecular flexibility index (Phi) is 7.67. The maximum Gasteiger partial charge on any atom is 0.243 e. The summed E-state index contributed by atoms with van der Waals surface area (Å²) in [7, 11) is 0. The summed E-state index contributed by atoms with van der Waals surface area (Å²) >= 11 is 0. The largest absolute Gasteiger partial charge is 0.350 e. The summed E-state index contributed by atoms with van der Waals surface area (Å²) in [6, 6.07) is 9.59. The van der Waals surface area contributed by atoms with E-state index in [0.29, 0.717) is 6.04 Å². The number of hydrogen-bond acceptors (Lipinski definition) is 3. The van der Waals surface area contributed by atoms with E-state index in [1.165, 1.54) is 24.5 Å². The molecule has 136 valence electrons. The third kappa shape index (κ3) is 7.10. The summed E-state index contributed by atoms with van der Waals surface area (Å²) in [5.74, 6) is -0.300. The van der Waals surface area contributed by atoms with Crippen molar-refractivity contribution in [2.45, 2.75) is 63.6 Å². The zero-order chi connectivity index (χ0) is 18.1. The Morgan fingerprint density at radius 1 is 1.24 bits per heavy atom. The van der Waals surface area contributed by atoms with Gasteiger partial charge in [0.25, 0.3) is 0 Å². The molecule has 0 aromatic heterocycles. The van der Waals surface area contributed by atoms with Gasteiger partial charge in [0.05, 0.1) is 6.04 Å². The smallest absolute Gasteiger partial charge is 0.243 e. The van der Waals surface area contributed by atoms with Crippen LogP contribution in [0, 0.1) is 0 Å². The first-order valence-electron chi connectivity index (χ1n) is 9.13. The molecule has 2 atom stereocenters. The van der Waals surface area contributed by atoms with E-state index in [-0.39, 0.29) is 17.9 Å². The number of carbonyl (C=O) groups is 2. The Morgan fingerprint density at radius 3 is 2.56 bits per heavy atom. The molecule has 0 radical (unpaired) electrons. The lowest BCUT2D eigenvalue weighted by Gasteiger charge is -2.17. The van der Waals surface area contributed by atoms with Gasteiger partial charge in [0.2, 0.25) is 11.8 Å². The van der Waals surface area contributed by atoms with Gasteiger partial charge in [-0.2, -0.15) is 0 Å². The van der Waals surface area contributed by atoms with Crippen molar-refractivity contribution < 1.29 is 9.59 Å². The van der Waals surface area contributed by atoms with Crippen molar-refractivity contribution in [1.29, 1.82) is 0 Å². The molecule has 2 rings (SSSR count). The summed E-state index contributed by atoms with van der Waals surface area (Å²) in [6.45, 7) is 1.65. The van der Waals surface area contributed by atoms with Crippen LogP contribution in [-0.4, -0.2) is 29.9 Å². The van der Waals surface area contributed by atoms with E-state index in [2.05, 4.69) is 22.8 Å². The monoisotopic (exact) mass is 343 g/mol. The molecule has 1 aromatic rings. The number of aryl methyl sites for hydroxylation is 1. The van der Waals surface area contributed by atoms with Gasteiger partial charge in [-0.25, -0.2) is 0 Å². The van der Waals surface area contributed by atoms with E-state index in [4.69, 9.17) is 5.73 Å². The number of carbonyl (C=O) groups excluding carboxylic acids is 2. The van der Waals surface area contributed by atoms with E-state index < -0.39 is 6.04 Å². The third-order valence-electron chi connectivity index (χ3n) is 4.51. The highest BCUT2D eigenvalue weighted by atomic mass is 16.2. The van der Waals surface area contributed by atoms with Crippen LogP contribution in [0.2, 0.25) is 0 Å². The minimum atomic E-state index is -0.569. The van der Waals surface area contributed by atoms with Gasteiger partial charge in [-0.05, 0) is 38.2 Å². The molecule has 0 aliphatic heterocycles. The van der Waals surface area contributed by atoms with Crippen molar-refractivity contribution in [2.75, 3.05) is 0 Å². The van der Waals surface area contributed by atoms with Crippen LogP contribution in [0.25, 0.3) is 0 Å². The van der Waals surface area contributed by atoms with Crippen LogP contribution in [0.1, 0.15) is 44.6 Å². The maximum atomic E-state index is 12.1. The standard InChI is InChI=1S/C20H29N3O2/c1-15(21)20(25)23-18(12-11-16-7-3-2-4-8-16)13-14-19(24)22-17-9-5-6-10-17/h2-4,7-8,13-15,17-18H,5-6,9-12,21H2,1H3,(H,22,24)(H,23,25)/t15-,18-/m0/s1. The van der Waals surface area contributed by atoms with Crippen LogP contribution in [0.15, 0.2) is 42.5 Å². The topological polar surface area (TPSA) is 84.2 Å². The Bertz CT molecular complexity index is 578. The summed E-state index contributed by atoms with van der Waals surface area (Å²) in [5.41, 5.74) is 6.84. The zero-order valence-corrected chi connectivity index (χ0v) is 14.9. The van der Waals surface area contributed by atoms with Crippen LogP contribution >= 0.6 is 0 Å². The molecule has 1 aliphatic carbocycles. The predicted octanol–water partition coefficient (Wildman–Crippen LogP) is 2.07. The molecule has 1 fully saturated rings. The quantitative estimate of drug-likeness (QED) is 0.632. The second kappa shape index (κ2) is 9.99. The van der Waals surface area contributed by atoms with Crippen LogP contribution in [-0.2, 0) is 16.0 Å². The molecule has 25 heavy (non-hydrogen) atoms. The normalized spacial score (nSPS) is 17.4. The Balaban J connectivity index is 1.91. The number of amides is 2. The highest BCUT2D eigenvalue weighted by molar-refractivity contribution is 5.88. The van der Waals surface area contributed by atoms with Crippen molar-refractivity contribution >= 4 is 11.8 Å². The SMILES string of the molecule is C[C@H](N)C(=O)N[C@H](C=CC(=O)NC1CCCC1)CCc1ccccc1. The van der Waals surface area contributed by atoms with E-state index in [1.54, 1.807) is 13.0 Å². The van der Waals surface area contributed by atoms with Gasteiger partial charge in [-0.1, -0.05) is 49.2 Å². The molecular formula is C20H29N3O2. The molecule has 0 unspecified atom stereocenters. The first-order chi connectivity index (χ1) is 12.0. The fourth-order valence-corrected chi connectivity index (χ4v) is 3.02. The fourth-order valence-electron chi connectivity index (χ4n) is 3.02. The summed E-state index contributed by atoms with van der Waals surface area (Å²) in [4.78, 5) is 24.0. The van der Waals surface area contributed by atoms with E-state index in [1.807, 2.05) is 18.2 Å². The third-order valence-corrected chi connectivity index (χ3v) is 4.51. The number of nitrogens with two attached hydrogens (primary N) is 1. The van der Waals surface area contributed by atoms with E-state index in [9.17, 15) is 9.59 Å². The van der Waals surface area contributed by atoms with Gasteiger partial charge in [0, 0.05) is 18.2 Å². The van der Waals surface area contributed by atoms with Gasteiger partial charge >= 0.3 is 0 Å². The van der Waals surface area contributed by atoms with Gasteiger partial charge in [0.15, 0.2) is 0 Å². The van der Waals surface area contributed by atoms with Gasteiger partial charge in [0.1, 0.15) is 0 Å². The Morgan fingerprint density at radius 2 is 1.92 bits per heavy atom. The predicted molar refractivity (Wildman–Crippen MR) is 99.9 cm³/mol. The van der Waals surface area contributed by atoms with Crippen molar-refractivity contribution in [3.05, 3.63) is 48.0 Å². The molecular weight excluding hydrogens is 314 g/mol. The molecule has 4 N–H and O–H groups in total. The molecule has 1 aromatic carbocycles. The number of benzene rings is 1. The fraction of sp³-hybridized carbons (Fsp3) is 0.500. The second-order valence-electron chi connectivity index (χ2n) is 6.78. The lowest BCUT2D eigenvalue weighted by atomic mass is 10.0. The number of hydrogen-bond donors (Lipinski definition) is 3. The molecule has 5 nitrogen and oxygen atoms in total. The summed E-state index contributed by atoms with van der Waals surface area (Å²) in [5, 5.41) is 5.93. The highest BCUT2D eigenvalue weighted by Gasteiger charge is 2.17. The lowest BCUT2D eigenvalue weighted by Crippen LogP contribution is -2.43. The Hall–Kier alpha value is -2.14. The maximum absolute atomic E-state index is 12.1. The van der Waals surface area contributed by atoms with Crippen LogP contribution in [0.5, 0.6) is 0 Å². The summed E-state index contributed by atoms with van der Waals surface area (Å²) in [6.07, 6.45) is 9.31. The highest BCUT2D eigenvalue weighted by Crippen LogP contribution is 2.17. The molecule has 1 saturated carbocycles. The first kappa shape index (κ1) is 19.2. The van der Waals surface area contributed by atoms with Crippen LogP contribution < -0.4 is 16.4 Å². The van der Waals surface area contributed by atoms with Gasteiger partial charge in [-0.15, -0.1) is 0 Å². The first-order valence-corrected chi connectivity index (χ1v) is 9.13. The average Bonchev–Trinajstić information content (AvgIpc) is 3.10. The van der Waals surface area contributed by atoms with E-state index >= 15 is 0 Å². The molecule has 0 bridgehead atoms. The number of rotatable bonds is 8. The van der Waals surface area contributed by atoms with Crippen molar-refractivity contribution in [3.63, 3.8) is 0 Å². The molecule has 0 spiro atoms. The van der Waals surface area contributed by atoms with Crippen molar-refractivity contribution in [2.24, 2.45) is 5.73 Å². The van der Waals surface area contributed by atoms with Crippen molar-refractivity contribution in [3.8, 4) is 0 Å². The molecule has 0 saturated heterocycles. The van der Waals surface area contributed by atoms with E-state index in [0.717, 1.165) is 25.7 Å². The second-order valence-corrected chi connectivity index (χ2v) is 6.78. The molecule has 5 heteroatoms. The average molecular weight is 343 g/mol. The van der Waals surface area contributed by atoms with Crippen LogP contribution in [0.4, 0.5) is 0 Å². The van der Waals surface area contributed by atoms with Crippen LogP contribution in [0.3, 0.4) is 0 Å². The van der Waals surface area contributed by atoms with Gasteiger partial charge < -0.3 is 16.4 Å². The summed E-state index contributed by atoms with van der Waals surface area (Å²) < 4.78 is 0.